The number of nitrogens with one attached hydrogen (secondary N) is 1. The number of ether oxygens (including phenoxy) is 1. The molecule has 2 aromatic rings. The molecule has 0 saturated carbocycles. The number of sulfonamides is 1. The molecule has 8 heteroatoms. The van der Waals surface area contributed by atoms with Crippen LogP contribution in [0.15, 0.2) is 47.4 Å². The van der Waals surface area contributed by atoms with Gasteiger partial charge in [-0.3, -0.25) is 9.69 Å². The predicted molar refractivity (Wildman–Crippen MR) is 124 cm³/mol. The molecule has 2 aromatic carbocycles. The first-order valence-corrected chi connectivity index (χ1v) is 12.6. The maximum atomic E-state index is 13.2. The van der Waals surface area contributed by atoms with Gasteiger partial charge in [0, 0.05) is 30.8 Å². The summed E-state index contributed by atoms with van der Waals surface area (Å²) in [7, 11) is -2.07. The van der Waals surface area contributed by atoms with Gasteiger partial charge in [0.2, 0.25) is 15.9 Å². The van der Waals surface area contributed by atoms with Gasteiger partial charge in [0.05, 0.1) is 18.0 Å². The molecule has 0 aliphatic carbocycles. The Morgan fingerprint density at radius 2 is 1.91 bits per heavy atom. The summed E-state index contributed by atoms with van der Waals surface area (Å²) in [5, 5.41) is 0. The molecule has 0 radical (unpaired) electrons. The summed E-state index contributed by atoms with van der Waals surface area (Å²) in [5.74, 6) is 0.731. The third kappa shape index (κ3) is 4.40. The van der Waals surface area contributed by atoms with Crippen LogP contribution in [0, 0.1) is 0 Å². The minimum absolute atomic E-state index is 0.0264. The number of methoxy groups -OCH3 is 1. The van der Waals surface area contributed by atoms with Crippen molar-refractivity contribution in [3.63, 3.8) is 0 Å². The molecule has 2 heterocycles. The number of anilines is 1. The quantitative estimate of drug-likeness (QED) is 0.691. The molecule has 2 aliphatic heterocycles. The summed E-state index contributed by atoms with van der Waals surface area (Å²) < 4.78 is 34.8. The molecule has 1 amide bonds. The lowest BCUT2D eigenvalue weighted by atomic mass is 10.0. The highest BCUT2D eigenvalue weighted by atomic mass is 32.2. The molecule has 1 saturated heterocycles. The van der Waals surface area contributed by atoms with Gasteiger partial charge in [-0.1, -0.05) is 18.2 Å². The van der Waals surface area contributed by atoms with Crippen LogP contribution in [0.1, 0.15) is 43.9 Å². The van der Waals surface area contributed by atoms with Crippen molar-refractivity contribution < 1.29 is 17.9 Å². The van der Waals surface area contributed by atoms with Crippen LogP contribution < -0.4 is 14.4 Å². The van der Waals surface area contributed by atoms with Crippen LogP contribution in [0.2, 0.25) is 0 Å². The van der Waals surface area contributed by atoms with E-state index in [1.165, 1.54) is 6.92 Å². The number of benzene rings is 2. The molecular formula is C24H31N3O4S. The number of hydrogen-bond donors (Lipinski definition) is 1. The van der Waals surface area contributed by atoms with Gasteiger partial charge in [-0.2, -0.15) is 0 Å². The number of amides is 1. The zero-order valence-corrected chi connectivity index (χ0v) is 19.7. The highest BCUT2D eigenvalue weighted by Crippen LogP contribution is 2.35. The smallest absolute Gasteiger partial charge is 0.240 e. The van der Waals surface area contributed by atoms with Crippen LogP contribution in [0.25, 0.3) is 0 Å². The predicted octanol–water partition coefficient (Wildman–Crippen LogP) is 3.11. The van der Waals surface area contributed by atoms with Crippen molar-refractivity contribution in [2.75, 3.05) is 31.6 Å². The van der Waals surface area contributed by atoms with E-state index in [0.29, 0.717) is 6.42 Å². The fourth-order valence-electron chi connectivity index (χ4n) is 4.96. The molecule has 2 atom stereocenters. The molecule has 1 N–H and O–H groups in total. The topological polar surface area (TPSA) is 79.0 Å². The Morgan fingerprint density at radius 1 is 1.19 bits per heavy atom. The second kappa shape index (κ2) is 9.21. The number of fused-ring (bicyclic) bond motifs is 1. The minimum atomic E-state index is -3.71. The minimum Gasteiger partial charge on any atom is -0.496 e. The van der Waals surface area contributed by atoms with E-state index >= 15 is 0 Å². The maximum absolute atomic E-state index is 13.2. The molecular weight excluding hydrogens is 426 g/mol. The van der Waals surface area contributed by atoms with E-state index in [0.717, 1.165) is 48.5 Å². The monoisotopic (exact) mass is 457 g/mol. The normalized spacial score (nSPS) is 19.7. The van der Waals surface area contributed by atoms with Gasteiger partial charge < -0.3 is 9.64 Å². The molecule has 2 unspecified atom stereocenters. The second-order valence-corrected chi connectivity index (χ2v) is 10.4. The summed E-state index contributed by atoms with van der Waals surface area (Å²) >= 11 is 0. The van der Waals surface area contributed by atoms with Crippen molar-refractivity contribution in [1.82, 2.24) is 9.62 Å². The summed E-state index contributed by atoms with van der Waals surface area (Å²) in [6, 6.07) is 12.7. The number of carbonyl (C=O) groups is 1. The van der Waals surface area contributed by atoms with E-state index in [1.54, 1.807) is 30.2 Å². The molecule has 32 heavy (non-hydrogen) atoms. The Labute approximate surface area is 190 Å². The lowest BCUT2D eigenvalue weighted by Gasteiger charge is -2.29. The van der Waals surface area contributed by atoms with Crippen molar-refractivity contribution in [2.24, 2.45) is 0 Å². The number of rotatable bonds is 7. The number of nitrogens with zero attached hydrogens (tertiary/aromatic N) is 2. The average Bonchev–Trinajstić information content (AvgIpc) is 3.40. The number of para-hydroxylation sites is 1. The average molecular weight is 458 g/mol. The Hall–Kier alpha value is -2.42. The molecule has 4 rings (SSSR count). The molecule has 2 aliphatic rings. The van der Waals surface area contributed by atoms with E-state index < -0.39 is 10.0 Å². The van der Waals surface area contributed by atoms with Gasteiger partial charge >= 0.3 is 0 Å². The van der Waals surface area contributed by atoms with Gasteiger partial charge in [0.25, 0.3) is 0 Å². The van der Waals surface area contributed by atoms with E-state index in [2.05, 4.69) is 9.62 Å². The van der Waals surface area contributed by atoms with Crippen LogP contribution >= 0.6 is 0 Å². The van der Waals surface area contributed by atoms with Gasteiger partial charge in [-0.15, -0.1) is 0 Å². The van der Waals surface area contributed by atoms with Crippen LogP contribution in [-0.2, 0) is 21.2 Å². The lowest BCUT2D eigenvalue weighted by molar-refractivity contribution is -0.116. The van der Waals surface area contributed by atoms with E-state index in [9.17, 15) is 13.2 Å². The molecule has 0 spiro atoms. The zero-order valence-electron chi connectivity index (χ0n) is 18.9. The SMILES string of the molecule is COc1ccccc1C(CNS(=O)(=O)c1ccc2c(c1)CC(C)N2C(C)=O)N1CCCC1. The van der Waals surface area contributed by atoms with Gasteiger partial charge in [-0.05, 0) is 69.1 Å². The Balaban J connectivity index is 1.57. The first kappa shape index (κ1) is 22.8. The van der Waals surface area contributed by atoms with Gasteiger partial charge in [0.1, 0.15) is 5.75 Å². The van der Waals surface area contributed by atoms with Crippen LogP contribution in [0.5, 0.6) is 5.75 Å². The van der Waals surface area contributed by atoms with E-state index in [1.807, 2.05) is 31.2 Å². The van der Waals surface area contributed by atoms with E-state index in [-0.39, 0.29) is 29.4 Å². The van der Waals surface area contributed by atoms with Crippen LogP contribution in [-0.4, -0.2) is 52.0 Å². The largest absolute Gasteiger partial charge is 0.496 e. The number of carbonyl (C=O) groups excluding carboxylic acids is 1. The molecule has 1 fully saturated rings. The first-order chi connectivity index (χ1) is 15.3. The Morgan fingerprint density at radius 3 is 2.59 bits per heavy atom. The molecule has 0 aromatic heterocycles. The summed E-state index contributed by atoms with van der Waals surface area (Å²) in [6.45, 7) is 5.63. The Bertz CT molecular complexity index is 1100. The van der Waals surface area contributed by atoms with Crippen LogP contribution in [0.3, 0.4) is 0 Å². The van der Waals surface area contributed by atoms with Gasteiger partial charge in [-0.25, -0.2) is 13.1 Å². The number of likely N-dealkylation sites (tertiary alicyclic amines) is 1. The third-order valence-corrected chi connectivity index (χ3v) is 7.88. The lowest BCUT2D eigenvalue weighted by Crippen LogP contribution is -2.37. The number of hydrogen-bond acceptors (Lipinski definition) is 5. The van der Waals surface area contributed by atoms with Crippen molar-refractivity contribution in [3.8, 4) is 5.75 Å². The fourth-order valence-corrected chi connectivity index (χ4v) is 6.05. The summed E-state index contributed by atoms with van der Waals surface area (Å²) in [5.41, 5.74) is 2.67. The molecule has 172 valence electrons. The van der Waals surface area contributed by atoms with E-state index in [4.69, 9.17) is 4.74 Å². The third-order valence-electron chi connectivity index (χ3n) is 6.46. The highest BCUT2D eigenvalue weighted by molar-refractivity contribution is 7.89. The second-order valence-electron chi connectivity index (χ2n) is 8.59. The molecule has 7 nitrogen and oxygen atoms in total. The molecule has 0 bridgehead atoms. The van der Waals surface area contributed by atoms with Crippen molar-refractivity contribution in [2.45, 2.75) is 50.1 Å². The zero-order chi connectivity index (χ0) is 22.9. The highest BCUT2D eigenvalue weighted by Gasteiger charge is 2.31. The van der Waals surface area contributed by atoms with Crippen molar-refractivity contribution in [3.05, 3.63) is 53.6 Å². The maximum Gasteiger partial charge on any atom is 0.240 e. The fraction of sp³-hybridized carbons (Fsp3) is 0.458. The summed E-state index contributed by atoms with van der Waals surface area (Å²) in [4.78, 5) is 16.2. The van der Waals surface area contributed by atoms with Crippen molar-refractivity contribution in [1.29, 1.82) is 0 Å². The van der Waals surface area contributed by atoms with Crippen LogP contribution in [0.4, 0.5) is 5.69 Å². The Kier molecular flexibility index (Phi) is 6.55. The standard InChI is InChI=1S/C24H31N3O4S/c1-17-14-19-15-20(10-11-22(19)27(17)18(2)28)32(29,30)25-16-23(26-12-6-7-13-26)21-8-4-5-9-24(21)31-3/h4-5,8-11,15,17,23,25H,6-7,12-14,16H2,1-3H3. The van der Waals surface area contributed by atoms with Gasteiger partial charge in [0.15, 0.2) is 0 Å². The van der Waals surface area contributed by atoms with Crippen molar-refractivity contribution >= 4 is 21.6 Å². The summed E-state index contributed by atoms with van der Waals surface area (Å²) in [6.07, 6.45) is 2.86. The first-order valence-electron chi connectivity index (χ1n) is 11.1.